The van der Waals surface area contributed by atoms with Crippen molar-refractivity contribution in [3.8, 4) is 0 Å². The van der Waals surface area contributed by atoms with E-state index in [9.17, 15) is 9.59 Å². The minimum absolute atomic E-state index is 0.209. The molecule has 2 aromatic rings. The summed E-state index contributed by atoms with van der Waals surface area (Å²) < 4.78 is 0. The summed E-state index contributed by atoms with van der Waals surface area (Å²) in [4.78, 5) is 23.5. The van der Waals surface area contributed by atoms with E-state index in [1.807, 2.05) is 26.8 Å². The number of rotatable bonds is 6. The van der Waals surface area contributed by atoms with Crippen LogP contribution < -0.4 is 21.5 Å². The highest BCUT2D eigenvalue weighted by atomic mass is 16.2. The van der Waals surface area contributed by atoms with Crippen molar-refractivity contribution in [2.75, 3.05) is 10.6 Å². The van der Waals surface area contributed by atoms with Crippen LogP contribution >= 0.6 is 0 Å². The van der Waals surface area contributed by atoms with E-state index in [2.05, 4.69) is 36.6 Å². The Kier molecular flexibility index (Phi) is 4.40. The first-order valence-corrected chi connectivity index (χ1v) is 7.66. The SMILES string of the molecule is CCC(C)(C)Nc1c(NCc2ccc(C)c(C)c2)c(=O)c1=O. The first-order chi connectivity index (χ1) is 10.2. The topological polar surface area (TPSA) is 58.2 Å². The van der Waals surface area contributed by atoms with Crippen molar-refractivity contribution in [3.05, 3.63) is 55.3 Å². The first-order valence-electron chi connectivity index (χ1n) is 7.66. The molecule has 22 heavy (non-hydrogen) atoms. The van der Waals surface area contributed by atoms with Crippen molar-refractivity contribution in [1.29, 1.82) is 0 Å². The maximum Gasteiger partial charge on any atom is 0.253 e. The standard InChI is InChI=1S/C18H24N2O2/c1-6-18(4,5)20-15-14(16(21)17(15)22)19-10-13-8-7-11(2)12(3)9-13/h7-9,19-20H,6,10H2,1-5H3. The molecule has 118 valence electrons. The maximum absolute atomic E-state index is 11.8. The van der Waals surface area contributed by atoms with Crippen LogP contribution in [0.4, 0.5) is 11.4 Å². The van der Waals surface area contributed by atoms with E-state index in [1.165, 1.54) is 11.1 Å². The average molecular weight is 300 g/mol. The molecule has 2 aromatic carbocycles. The molecular formula is C18H24N2O2. The lowest BCUT2D eigenvalue weighted by atomic mass is 10.00. The molecule has 0 aliphatic rings. The number of hydrogen-bond acceptors (Lipinski definition) is 4. The monoisotopic (exact) mass is 300 g/mol. The van der Waals surface area contributed by atoms with Crippen LogP contribution in [-0.4, -0.2) is 5.54 Å². The fourth-order valence-corrected chi connectivity index (χ4v) is 2.21. The van der Waals surface area contributed by atoms with Crippen molar-refractivity contribution in [2.24, 2.45) is 0 Å². The molecule has 0 radical (unpaired) electrons. The van der Waals surface area contributed by atoms with Crippen molar-refractivity contribution < 1.29 is 0 Å². The van der Waals surface area contributed by atoms with Gasteiger partial charge in [0.15, 0.2) is 0 Å². The normalized spacial score (nSPS) is 11.7. The Balaban J connectivity index is 2.14. The molecular weight excluding hydrogens is 276 g/mol. The zero-order valence-corrected chi connectivity index (χ0v) is 14.0. The molecule has 0 aliphatic heterocycles. The molecule has 0 bridgehead atoms. The third-order valence-corrected chi connectivity index (χ3v) is 4.30. The Morgan fingerprint density at radius 1 is 1.00 bits per heavy atom. The lowest BCUT2D eigenvalue weighted by molar-refractivity contribution is 0.546. The fourth-order valence-electron chi connectivity index (χ4n) is 2.21. The quantitative estimate of drug-likeness (QED) is 0.805. The predicted molar refractivity (Wildman–Crippen MR) is 92.6 cm³/mol. The minimum atomic E-state index is -0.432. The van der Waals surface area contributed by atoms with Crippen molar-refractivity contribution in [2.45, 2.75) is 53.1 Å². The summed E-state index contributed by atoms with van der Waals surface area (Å²) in [7, 11) is 0. The maximum atomic E-state index is 11.8. The van der Waals surface area contributed by atoms with Gasteiger partial charge in [-0.3, -0.25) is 9.59 Å². The van der Waals surface area contributed by atoms with Crippen LogP contribution in [-0.2, 0) is 6.54 Å². The van der Waals surface area contributed by atoms with Crippen molar-refractivity contribution in [1.82, 2.24) is 0 Å². The van der Waals surface area contributed by atoms with Gasteiger partial charge in [0, 0.05) is 12.1 Å². The highest BCUT2D eigenvalue weighted by Gasteiger charge is 2.25. The zero-order chi connectivity index (χ0) is 16.5. The second kappa shape index (κ2) is 5.95. The van der Waals surface area contributed by atoms with Gasteiger partial charge in [0.1, 0.15) is 11.4 Å². The molecule has 4 heteroatoms. The molecule has 2 rings (SSSR count). The number of benzene rings is 1. The molecule has 2 N–H and O–H groups in total. The van der Waals surface area contributed by atoms with Gasteiger partial charge in [0.2, 0.25) is 0 Å². The Morgan fingerprint density at radius 2 is 1.64 bits per heavy atom. The highest BCUT2D eigenvalue weighted by Crippen LogP contribution is 2.22. The predicted octanol–water partition coefficient (Wildman–Crippen LogP) is 3.11. The van der Waals surface area contributed by atoms with Gasteiger partial charge < -0.3 is 10.6 Å². The molecule has 0 spiro atoms. The van der Waals surface area contributed by atoms with E-state index in [1.54, 1.807) is 0 Å². The number of anilines is 2. The van der Waals surface area contributed by atoms with Gasteiger partial charge in [-0.25, -0.2) is 0 Å². The summed E-state index contributed by atoms with van der Waals surface area (Å²) in [6.45, 7) is 10.7. The van der Waals surface area contributed by atoms with Crippen molar-refractivity contribution >= 4 is 11.4 Å². The molecule has 0 fully saturated rings. The molecule has 0 atom stereocenters. The molecule has 0 aliphatic carbocycles. The molecule has 0 unspecified atom stereocenters. The van der Waals surface area contributed by atoms with Crippen LogP contribution in [0.3, 0.4) is 0 Å². The third-order valence-electron chi connectivity index (χ3n) is 4.30. The Bertz CT molecular complexity index is 753. The van der Waals surface area contributed by atoms with Gasteiger partial charge in [-0.1, -0.05) is 25.1 Å². The van der Waals surface area contributed by atoms with E-state index < -0.39 is 10.9 Å². The van der Waals surface area contributed by atoms with Crippen LogP contribution in [0.5, 0.6) is 0 Å². The minimum Gasteiger partial charge on any atom is -0.376 e. The van der Waals surface area contributed by atoms with E-state index in [-0.39, 0.29) is 5.54 Å². The summed E-state index contributed by atoms with van der Waals surface area (Å²) in [6, 6.07) is 6.19. The smallest absolute Gasteiger partial charge is 0.253 e. The zero-order valence-electron chi connectivity index (χ0n) is 14.0. The summed E-state index contributed by atoms with van der Waals surface area (Å²) in [5, 5.41) is 6.28. The number of aryl methyl sites for hydroxylation is 2. The molecule has 0 saturated heterocycles. The van der Waals surface area contributed by atoms with E-state index in [0.717, 1.165) is 12.0 Å². The van der Waals surface area contributed by atoms with Crippen LogP contribution in [0.15, 0.2) is 27.8 Å². The van der Waals surface area contributed by atoms with E-state index in [4.69, 9.17) is 0 Å². The molecule has 0 aromatic heterocycles. The molecule has 0 heterocycles. The van der Waals surface area contributed by atoms with Gasteiger partial charge in [0.25, 0.3) is 10.9 Å². The van der Waals surface area contributed by atoms with Crippen LogP contribution in [0.25, 0.3) is 0 Å². The van der Waals surface area contributed by atoms with Gasteiger partial charge in [-0.05, 0) is 50.8 Å². The largest absolute Gasteiger partial charge is 0.376 e. The second-order valence-corrected chi connectivity index (χ2v) is 6.54. The summed E-state index contributed by atoms with van der Waals surface area (Å²) in [6.07, 6.45) is 0.863. The Morgan fingerprint density at radius 3 is 2.23 bits per heavy atom. The van der Waals surface area contributed by atoms with Gasteiger partial charge >= 0.3 is 0 Å². The second-order valence-electron chi connectivity index (χ2n) is 6.54. The van der Waals surface area contributed by atoms with E-state index >= 15 is 0 Å². The van der Waals surface area contributed by atoms with Crippen LogP contribution in [0, 0.1) is 13.8 Å². The molecule has 0 amide bonds. The van der Waals surface area contributed by atoms with Gasteiger partial charge in [0.05, 0.1) is 0 Å². The first kappa shape index (κ1) is 16.3. The van der Waals surface area contributed by atoms with Crippen molar-refractivity contribution in [3.63, 3.8) is 0 Å². The fraction of sp³-hybridized carbons (Fsp3) is 0.444. The highest BCUT2D eigenvalue weighted by molar-refractivity contribution is 5.74. The number of nitrogens with one attached hydrogen (secondary N) is 2. The molecule has 4 nitrogen and oxygen atoms in total. The average Bonchev–Trinajstić information content (AvgIpc) is 2.49. The van der Waals surface area contributed by atoms with Gasteiger partial charge in [-0.2, -0.15) is 0 Å². The molecule has 0 saturated carbocycles. The third kappa shape index (κ3) is 3.21. The summed E-state index contributed by atoms with van der Waals surface area (Å²) in [5.74, 6) is 0. The van der Waals surface area contributed by atoms with Gasteiger partial charge in [-0.15, -0.1) is 0 Å². The summed E-state index contributed by atoms with van der Waals surface area (Å²) in [5.41, 5.74) is 3.31. The Hall–Kier alpha value is -2.10. The lowest BCUT2D eigenvalue weighted by Crippen LogP contribution is -2.42. The lowest BCUT2D eigenvalue weighted by Gasteiger charge is -2.27. The Labute approximate surface area is 131 Å². The van der Waals surface area contributed by atoms with E-state index in [0.29, 0.717) is 17.9 Å². The van der Waals surface area contributed by atoms with Crippen LogP contribution in [0.1, 0.15) is 43.9 Å². The van der Waals surface area contributed by atoms with Crippen LogP contribution in [0.2, 0.25) is 0 Å². The summed E-state index contributed by atoms with van der Waals surface area (Å²) >= 11 is 0. The number of hydrogen-bond donors (Lipinski definition) is 2.